The number of rotatable bonds is 10. The molecular formula is C26H27ClN2O3S2. The van der Waals surface area contributed by atoms with Crippen molar-refractivity contribution in [2.75, 3.05) is 19.8 Å². The van der Waals surface area contributed by atoms with E-state index in [0.717, 1.165) is 33.5 Å². The number of benzene rings is 2. The van der Waals surface area contributed by atoms with Gasteiger partial charge in [0.05, 0.1) is 27.5 Å². The molecule has 1 aromatic heterocycles. The number of aliphatic carboxylic acids is 1. The number of carboxylic acid groups (broad SMARTS) is 1. The molecule has 0 aliphatic heterocycles. The van der Waals surface area contributed by atoms with Crippen LogP contribution < -0.4 is 0 Å². The molecule has 2 unspecified atom stereocenters. The van der Waals surface area contributed by atoms with Crippen LogP contribution >= 0.6 is 35.1 Å². The molecule has 0 aliphatic carbocycles. The third-order valence-corrected chi connectivity index (χ3v) is 8.09. The van der Waals surface area contributed by atoms with E-state index < -0.39 is 11.2 Å². The lowest BCUT2D eigenvalue weighted by Crippen LogP contribution is -2.33. The Morgan fingerprint density at radius 3 is 2.59 bits per heavy atom. The molecule has 1 heterocycles. The van der Waals surface area contributed by atoms with Crippen LogP contribution in [0.25, 0.3) is 23.1 Å². The number of carbonyl (C=O) groups is 2. The predicted molar refractivity (Wildman–Crippen MR) is 145 cm³/mol. The standard InChI is InChI=1S/C26H27ClN2O3S2/c1-4-33-26(34-23(16-24(30)31)25(32)29(2)3)19-7-5-6-17(14-19)8-12-21-13-10-18-9-11-20(27)15-22(18)28-21/h5-15,23,26H,4,16H2,1-3H3,(H,30,31). The summed E-state index contributed by atoms with van der Waals surface area (Å²) in [6.07, 6.45) is 3.75. The van der Waals surface area contributed by atoms with Gasteiger partial charge in [0.15, 0.2) is 0 Å². The van der Waals surface area contributed by atoms with Crippen LogP contribution in [0.4, 0.5) is 0 Å². The van der Waals surface area contributed by atoms with Gasteiger partial charge in [-0.3, -0.25) is 9.59 Å². The number of hydrogen-bond acceptors (Lipinski definition) is 5. The first kappa shape index (κ1) is 26.1. The number of amides is 1. The normalized spacial score (nSPS) is 13.2. The SMILES string of the molecule is CCSC(SC(CC(=O)O)C(=O)N(C)C)c1cccc(C=Cc2ccc3ccc(Cl)cc3n2)c1. The number of nitrogens with zero attached hydrogens (tertiary/aromatic N) is 2. The van der Waals surface area contributed by atoms with Crippen molar-refractivity contribution in [3.05, 3.63) is 76.4 Å². The van der Waals surface area contributed by atoms with Gasteiger partial charge < -0.3 is 10.0 Å². The summed E-state index contributed by atoms with van der Waals surface area (Å²) in [6, 6.07) is 17.7. The molecular weight excluding hydrogens is 488 g/mol. The van der Waals surface area contributed by atoms with Crippen LogP contribution in [-0.4, -0.2) is 52.0 Å². The molecule has 0 saturated carbocycles. The Hall–Kier alpha value is -2.48. The van der Waals surface area contributed by atoms with Gasteiger partial charge >= 0.3 is 5.97 Å². The predicted octanol–water partition coefficient (Wildman–Crippen LogP) is 6.48. The van der Waals surface area contributed by atoms with Crippen molar-refractivity contribution in [1.82, 2.24) is 9.88 Å². The zero-order valence-corrected chi connectivity index (χ0v) is 21.7. The maximum atomic E-state index is 12.6. The quantitative estimate of drug-likeness (QED) is 0.312. The smallest absolute Gasteiger partial charge is 0.305 e. The number of thioether (sulfide) groups is 2. The average molecular weight is 515 g/mol. The molecule has 8 heteroatoms. The van der Waals surface area contributed by atoms with Crippen LogP contribution in [0.1, 0.15) is 34.7 Å². The number of pyridine rings is 1. The van der Waals surface area contributed by atoms with E-state index in [9.17, 15) is 14.7 Å². The number of carbonyl (C=O) groups excluding carboxylic acids is 1. The Morgan fingerprint density at radius 2 is 1.88 bits per heavy atom. The highest BCUT2D eigenvalue weighted by atomic mass is 35.5. The van der Waals surface area contributed by atoms with Crippen molar-refractivity contribution in [2.24, 2.45) is 0 Å². The van der Waals surface area contributed by atoms with Crippen LogP contribution in [0.3, 0.4) is 0 Å². The first-order chi connectivity index (χ1) is 16.3. The summed E-state index contributed by atoms with van der Waals surface area (Å²) in [5.74, 6) is -0.321. The molecule has 0 aliphatic rings. The Kier molecular flexibility index (Phi) is 9.45. The lowest BCUT2D eigenvalue weighted by Gasteiger charge is -2.24. The van der Waals surface area contributed by atoms with Crippen LogP contribution in [-0.2, 0) is 9.59 Å². The number of fused-ring (bicyclic) bond motifs is 1. The fourth-order valence-electron chi connectivity index (χ4n) is 3.34. The van der Waals surface area contributed by atoms with Gasteiger partial charge in [-0.2, -0.15) is 0 Å². The molecule has 0 saturated heterocycles. The monoisotopic (exact) mass is 514 g/mol. The molecule has 2 aromatic carbocycles. The fourth-order valence-corrected chi connectivity index (χ4v) is 6.45. The molecule has 34 heavy (non-hydrogen) atoms. The van der Waals surface area contributed by atoms with Crippen LogP contribution in [0, 0.1) is 0 Å². The van der Waals surface area contributed by atoms with Crippen LogP contribution in [0.2, 0.25) is 5.02 Å². The van der Waals surface area contributed by atoms with E-state index in [1.54, 1.807) is 25.9 Å². The third-order valence-electron chi connectivity index (χ3n) is 4.99. The zero-order valence-electron chi connectivity index (χ0n) is 19.3. The molecule has 0 bridgehead atoms. The van der Waals surface area contributed by atoms with Gasteiger partial charge in [-0.1, -0.05) is 54.9 Å². The summed E-state index contributed by atoms with van der Waals surface area (Å²) >= 11 is 9.19. The Morgan fingerprint density at radius 1 is 1.12 bits per heavy atom. The average Bonchev–Trinajstić information content (AvgIpc) is 2.81. The van der Waals surface area contributed by atoms with Gasteiger partial charge in [0.25, 0.3) is 0 Å². The van der Waals surface area contributed by atoms with Gasteiger partial charge in [0, 0.05) is 24.5 Å². The van der Waals surface area contributed by atoms with E-state index in [0.29, 0.717) is 5.02 Å². The van der Waals surface area contributed by atoms with Gasteiger partial charge in [-0.25, -0.2) is 4.98 Å². The molecule has 0 radical (unpaired) electrons. The molecule has 1 N–H and O–H groups in total. The number of halogens is 1. The van der Waals surface area contributed by atoms with E-state index in [1.807, 2.05) is 60.7 Å². The minimum absolute atomic E-state index is 0.0625. The van der Waals surface area contributed by atoms with Gasteiger partial charge in [-0.15, -0.1) is 23.5 Å². The Bertz CT molecular complexity index is 1200. The second-order valence-electron chi connectivity index (χ2n) is 7.82. The Balaban J connectivity index is 1.83. The van der Waals surface area contributed by atoms with Crippen molar-refractivity contribution in [2.45, 2.75) is 23.2 Å². The third kappa shape index (κ3) is 7.26. The number of aromatic nitrogens is 1. The molecule has 3 rings (SSSR count). The highest BCUT2D eigenvalue weighted by Gasteiger charge is 2.28. The summed E-state index contributed by atoms with van der Waals surface area (Å²) in [5, 5.41) is 10.4. The first-order valence-corrected chi connectivity index (χ1v) is 13.2. The highest BCUT2D eigenvalue weighted by molar-refractivity contribution is 8.16. The highest BCUT2D eigenvalue weighted by Crippen LogP contribution is 2.43. The van der Waals surface area contributed by atoms with E-state index in [4.69, 9.17) is 11.6 Å². The molecule has 3 aromatic rings. The lowest BCUT2D eigenvalue weighted by atomic mass is 10.1. The van der Waals surface area contributed by atoms with E-state index in [2.05, 4.69) is 18.0 Å². The molecule has 1 amide bonds. The van der Waals surface area contributed by atoms with Crippen molar-refractivity contribution in [3.63, 3.8) is 0 Å². The van der Waals surface area contributed by atoms with E-state index in [-0.39, 0.29) is 16.9 Å². The second-order valence-corrected chi connectivity index (χ2v) is 11.2. The number of hydrogen-bond donors (Lipinski definition) is 1. The largest absolute Gasteiger partial charge is 0.481 e. The molecule has 2 atom stereocenters. The summed E-state index contributed by atoms with van der Waals surface area (Å²) in [7, 11) is 3.31. The van der Waals surface area contributed by atoms with Gasteiger partial charge in [-0.05, 0) is 47.2 Å². The minimum Gasteiger partial charge on any atom is -0.481 e. The van der Waals surface area contributed by atoms with E-state index >= 15 is 0 Å². The topological polar surface area (TPSA) is 70.5 Å². The summed E-state index contributed by atoms with van der Waals surface area (Å²) in [5.41, 5.74) is 3.71. The lowest BCUT2D eigenvalue weighted by molar-refractivity contribution is -0.139. The van der Waals surface area contributed by atoms with Crippen molar-refractivity contribution >= 4 is 70.1 Å². The summed E-state index contributed by atoms with van der Waals surface area (Å²) < 4.78 is -0.0625. The fraction of sp³-hybridized carbons (Fsp3) is 0.269. The Labute approximate surface area is 213 Å². The van der Waals surface area contributed by atoms with Crippen molar-refractivity contribution in [3.8, 4) is 0 Å². The molecule has 0 fully saturated rings. The maximum absolute atomic E-state index is 12.6. The van der Waals surface area contributed by atoms with Crippen molar-refractivity contribution in [1.29, 1.82) is 0 Å². The first-order valence-electron chi connectivity index (χ1n) is 10.8. The molecule has 0 spiro atoms. The van der Waals surface area contributed by atoms with Crippen LogP contribution in [0.5, 0.6) is 0 Å². The minimum atomic E-state index is -0.978. The van der Waals surface area contributed by atoms with E-state index in [1.165, 1.54) is 16.7 Å². The second kappa shape index (κ2) is 12.3. The maximum Gasteiger partial charge on any atom is 0.305 e. The number of carboxylic acids is 1. The summed E-state index contributed by atoms with van der Waals surface area (Å²) in [4.78, 5) is 30.1. The molecule has 5 nitrogen and oxygen atoms in total. The zero-order chi connectivity index (χ0) is 24.7. The van der Waals surface area contributed by atoms with Crippen molar-refractivity contribution < 1.29 is 14.7 Å². The molecule has 178 valence electrons. The van der Waals surface area contributed by atoms with Gasteiger partial charge in [0.1, 0.15) is 0 Å². The van der Waals surface area contributed by atoms with Gasteiger partial charge in [0.2, 0.25) is 5.91 Å². The summed E-state index contributed by atoms with van der Waals surface area (Å²) in [6.45, 7) is 2.06. The van der Waals surface area contributed by atoms with Crippen LogP contribution in [0.15, 0.2) is 54.6 Å².